The number of aromatic nitrogens is 1. The van der Waals surface area contributed by atoms with Gasteiger partial charge < -0.3 is 10.1 Å². The molecule has 0 bridgehead atoms. The van der Waals surface area contributed by atoms with E-state index in [9.17, 15) is 0 Å². The van der Waals surface area contributed by atoms with Crippen molar-refractivity contribution >= 4 is 21.6 Å². The fourth-order valence-electron chi connectivity index (χ4n) is 2.67. The topological polar surface area (TPSA) is 34.1 Å². The van der Waals surface area contributed by atoms with Crippen LogP contribution in [-0.4, -0.2) is 24.2 Å². The van der Waals surface area contributed by atoms with Gasteiger partial charge in [-0.3, -0.25) is 4.98 Å². The number of nitrogens with one attached hydrogen (secondary N) is 1. The van der Waals surface area contributed by atoms with Crippen molar-refractivity contribution < 1.29 is 4.74 Å². The van der Waals surface area contributed by atoms with Crippen LogP contribution in [-0.2, 0) is 4.74 Å². The minimum Gasteiger partial charge on any atom is -0.381 e. The van der Waals surface area contributed by atoms with Gasteiger partial charge in [-0.15, -0.1) is 11.3 Å². The molecular formula is C15H20N2OS. The van der Waals surface area contributed by atoms with Gasteiger partial charge >= 0.3 is 0 Å². The molecule has 1 aliphatic heterocycles. The van der Waals surface area contributed by atoms with Gasteiger partial charge in [-0.2, -0.15) is 0 Å². The van der Waals surface area contributed by atoms with Gasteiger partial charge in [-0.05, 0) is 49.3 Å². The van der Waals surface area contributed by atoms with Gasteiger partial charge in [0.25, 0.3) is 0 Å². The molecule has 2 aromatic rings. The Labute approximate surface area is 118 Å². The van der Waals surface area contributed by atoms with Crippen molar-refractivity contribution in [2.45, 2.75) is 32.4 Å². The molecule has 0 saturated carbocycles. The molecule has 3 rings (SSSR count). The van der Waals surface area contributed by atoms with Gasteiger partial charge in [0.1, 0.15) is 0 Å². The maximum atomic E-state index is 5.46. The van der Waals surface area contributed by atoms with Crippen LogP contribution >= 0.6 is 11.3 Å². The molecule has 3 unspecified atom stereocenters. The predicted molar refractivity (Wildman–Crippen MR) is 79.6 cm³/mol. The van der Waals surface area contributed by atoms with Crippen molar-refractivity contribution in [2.75, 3.05) is 13.2 Å². The third kappa shape index (κ3) is 2.81. The highest BCUT2D eigenvalue weighted by Gasteiger charge is 2.23. The number of pyridine rings is 1. The summed E-state index contributed by atoms with van der Waals surface area (Å²) < 4.78 is 6.73. The number of thiophene rings is 1. The van der Waals surface area contributed by atoms with Crippen molar-refractivity contribution in [2.24, 2.45) is 5.92 Å². The summed E-state index contributed by atoms with van der Waals surface area (Å²) in [6, 6.07) is 5.13. The number of hydrogen-bond acceptors (Lipinski definition) is 4. The van der Waals surface area contributed by atoms with Crippen molar-refractivity contribution in [3.05, 3.63) is 29.3 Å². The van der Waals surface area contributed by atoms with Gasteiger partial charge in [-0.1, -0.05) is 0 Å². The Hall–Kier alpha value is -0.970. The summed E-state index contributed by atoms with van der Waals surface area (Å²) in [5.74, 6) is 0.640. The Morgan fingerprint density at radius 1 is 1.47 bits per heavy atom. The van der Waals surface area contributed by atoms with Crippen molar-refractivity contribution in [1.82, 2.24) is 10.3 Å². The monoisotopic (exact) mass is 276 g/mol. The third-order valence-electron chi connectivity index (χ3n) is 4.01. The average molecular weight is 276 g/mol. The van der Waals surface area contributed by atoms with E-state index in [1.165, 1.54) is 16.7 Å². The van der Waals surface area contributed by atoms with Crippen LogP contribution in [0.2, 0.25) is 0 Å². The second-order valence-corrected chi connectivity index (χ2v) is 6.32. The smallest absolute Gasteiger partial charge is 0.0809 e. The van der Waals surface area contributed by atoms with Gasteiger partial charge in [0.05, 0.1) is 16.8 Å². The van der Waals surface area contributed by atoms with Gasteiger partial charge in [0.15, 0.2) is 0 Å². The lowest BCUT2D eigenvalue weighted by molar-refractivity contribution is 0.177. The molecule has 0 aliphatic carbocycles. The van der Waals surface area contributed by atoms with Crippen LogP contribution in [0, 0.1) is 5.92 Å². The van der Waals surface area contributed by atoms with Crippen molar-refractivity contribution in [3.63, 3.8) is 0 Å². The second-order valence-electron chi connectivity index (χ2n) is 5.37. The van der Waals surface area contributed by atoms with Crippen LogP contribution < -0.4 is 5.32 Å². The van der Waals surface area contributed by atoms with E-state index in [0.29, 0.717) is 18.0 Å². The SMILES string of the molecule is CC(NC(C)C1CCOC1)c1cnc2ccsc2c1. The Morgan fingerprint density at radius 3 is 3.16 bits per heavy atom. The van der Waals surface area contributed by atoms with E-state index in [1.807, 2.05) is 6.20 Å². The maximum Gasteiger partial charge on any atom is 0.0809 e. The summed E-state index contributed by atoms with van der Waals surface area (Å²) in [6.45, 7) is 6.27. The lowest BCUT2D eigenvalue weighted by Gasteiger charge is -2.24. The van der Waals surface area contributed by atoms with Crippen LogP contribution in [0.25, 0.3) is 10.2 Å². The van der Waals surface area contributed by atoms with Crippen LogP contribution in [0.15, 0.2) is 23.7 Å². The average Bonchev–Trinajstić information content (AvgIpc) is 3.09. The number of nitrogens with zero attached hydrogens (tertiary/aromatic N) is 1. The van der Waals surface area contributed by atoms with E-state index in [4.69, 9.17) is 4.74 Å². The predicted octanol–water partition coefficient (Wildman–Crippen LogP) is 3.37. The molecule has 3 nitrogen and oxygen atoms in total. The molecule has 2 aromatic heterocycles. The molecule has 0 aromatic carbocycles. The molecule has 19 heavy (non-hydrogen) atoms. The molecule has 1 fully saturated rings. The number of fused-ring (bicyclic) bond motifs is 1. The fourth-order valence-corrected chi connectivity index (χ4v) is 3.46. The van der Waals surface area contributed by atoms with Gasteiger partial charge in [0, 0.05) is 24.9 Å². The van der Waals surface area contributed by atoms with Crippen molar-refractivity contribution in [3.8, 4) is 0 Å². The highest BCUT2D eigenvalue weighted by atomic mass is 32.1. The summed E-state index contributed by atoms with van der Waals surface area (Å²) in [6.07, 6.45) is 3.16. The Bertz CT molecular complexity index is 548. The summed E-state index contributed by atoms with van der Waals surface area (Å²) in [5.41, 5.74) is 2.36. The first-order valence-corrected chi connectivity index (χ1v) is 7.79. The van der Waals surface area contributed by atoms with Crippen molar-refractivity contribution in [1.29, 1.82) is 0 Å². The first-order valence-electron chi connectivity index (χ1n) is 6.91. The van der Waals surface area contributed by atoms with Crippen LogP contribution in [0.3, 0.4) is 0 Å². The lowest BCUT2D eigenvalue weighted by atomic mass is 9.99. The zero-order valence-electron chi connectivity index (χ0n) is 11.4. The van der Waals surface area contributed by atoms with Crippen LogP contribution in [0.1, 0.15) is 31.9 Å². The normalized spacial score (nSPS) is 22.7. The summed E-state index contributed by atoms with van der Waals surface area (Å²) in [5, 5.41) is 5.77. The largest absolute Gasteiger partial charge is 0.381 e. The van der Waals surface area contributed by atoms with Crippen LogP contribution in [0.5, 0.6) is 0 Å². The highest BCUT2D eigenvalue weighted by Crippen LogP contribution is 2.24. The molecular weight excluding hydrogens is 256 g/mol. The minimum atomic E-state index is 0.328. The quantitative estimate of drug-likeness (QED) is 0.929. The zero-order valence-corrected chi connectivity index (χ0v) is 12.2. The Balaban J connectivity index is 1.69. The number of ether oxygens (including phenoxy) is 1. The molecule has 1 N–H and O–H groups in total. The first-order chi connectivity index (χ1) is 9.24. The Kier molecular flexibility index (Phi) is 3.82. The zero-order chi connectivity index (χ0) is 13.2. The van der Waals surface area contributed by atoms with Crippen LogP contribution in [0.4, 0.5) is 0 Å². The maximum absolute atomic E-state index is 5.46. The molecule has 3 heterocycles. The molecule has 0 amide bonds. The molecule has 3 atom stereocenters. The molecule has 4 heteroatoms. The van der Waals surface area contributed by atoms with E-state index in [-0.39, 0.29) is 0 Å². The number of hydrogen-bond donors (Lipinski definition) is 1. The van der Waals surface area contributed by atoms with E-state index in [1.54, 1.807) is 11.3 Å². The van der Waals surface area contributed by atoms with Gasteiger partial charge in [-0.25, -0.2) is 0 Å². The summed E-state index contributed by atoms with van der Waals surface area (Å²) in [7, 11) is 0. The van der Waals surface area contributed by atoms with E-state index < -0.39 is 0 Å². The molecule has 0 spiro atoms. The van der Waals surface area contributed by atoms with Gasteiger partial charge in [0.2, 0.25) is 0 Å². The highest BCUT2D eigenvalue weighted by molar-refractivity contribution is 7.17. The number of rotatable bonds is 4. The van der Waals surface area contributed by atoms with E-state index in [0.717, 1.165) is 18.7 Å². The fraction of sp³-hybridized carbons (Fsp3) is 0.533. The second kappa shape index (κ2) is 5.57. The molecule has 102 valence electrons. The summed E-state index contributed by atoms with van der Waals surface area (Å²) >= 11 is 1.75. The molecule has 1 aliphatic rings. The third-order valence-corrected chi connectivity index (χ3v) is 4.86. The first kappa shape index (κ1) is 13.0. The standard InChI is InChI=1S/C15H20N2OS/c1-10(12-3-5-18-9-12)17-11(2)13-7-15-14(16-8-13)4-6-19-15/h4,6-8,10-12,17H,3,5,9H2,1-2H3. The van der Waals surface area contributed by atoms with E-state index in [2.05, 4.69) is 41.7 Å². The lowest BCUT2D eigenvalue weighted by Crippen LogP contribution is -2.35. The molecule has 1 saturated heterocycles. The molecule has 0 radical (unpaired) electrons. The Morgan fingerprint density at radius 2 is 2.37 bits per heavy atom. The summed E-state index contributed by atoms with van der Waals surface area (Å²) in [4.78, 5) is 4.51. The van der Waals surface area contributed by atoms with E-state index >= 15 is 0 Å². The minimum absolute atomic E-state index is 0.328.